The molecule has 0 saturated carbocycles. The summed E-state index contributed by atoms with van der Waals surface area (Å²) >= 11 is 0. The molecule has 6 nitrogen and oxygen atoms in total. The Bertz CT molecular complexity index is 597. The number of carboxylic acids is 1. The van der Waals surface area contributed by atoms with Crippen LogP contribution in [-0.2, 0) is 6.54 Å². The Morgan fingerprint density at radius 3 is 2.45 bits per heavy atom. The number of pyridine rings is 1. The average molecular weight is 271 g/mol. The van der Waals surface area contributed by atoms with Crippen molar-refractivity contribution in [3.8, 4) is 0 Å². The molecule has 2 aromatic rings. The van der Waals surface area contributed by atoms with Crippen molar-refractivity contribution in [1.82, 2.24) is 10.3 Å². The second-order valence-electron chi connectivity index (χ2n) is 4.01. The summed E-state index contributed by atoms with van der Waals surface area (Å²) in [6.45, 7) is 0.319. The van der Waals surface area contributed by atoms with Gasteiger partial charge in [0.2, 0.25) is 0 Å². The first kappa shape index (κ1) is 13.5. The Kier molecular flexibility index (Phi) is 4.28. The monoisotopic (exact) mass is 271 g/mol. The summed E-state index contributed by atoms with van der Waals surface area (Å²) in [6, 6.07) is 11.0. The van der Waals surface area contributed by atoms with E-state index in [9.17, 15) is 9.59 Å². The molecule has 0 unspecified atom stereocenters. The molecule has 0 spiro atoms. The van der Waals surface area contributed by atoms with Crippen molar-refractivity contribution < 1.29 is 14.7 Å². The zero-order valence-electron chi connectivity index (χ0n) is 10.5. The van der Waals surface area contributed by atoms with Crippen LogP contribution in [0, 0.1) is 0 Å². The molecule has 0 bridgehead atoms. The molecule has 2 amide bonds. The van der Waals surface area contributed by atoms with Gasteiger partial charge in [0.15, 0.2) is 0 Å². The normalized spacial score (nSPS) is 9.80. The minimum Gasteiger partial charge on any atom is -0.478 e. The molecular weight excluding hydrogens is 258 g/mol. The van der Waals surface area contributed by atoms with E-state index in [1.165, 1.54) is 24.3 Å². The van der Waals surface area contributed by atoms with Crippen LogP contribution in [0.5, 0.6) is 0 Å². The summed E-state index contributed by atoms with van der Waals surface area (Å²) in [5.74, 6) is -1.00. The third-order valence-corrected chi connectivity index (χ3v) is 2.55. The Hall–Kier alpha value is -2.89. The molecule has 102 valence electrons. The maximum absolute atomic E-state index is 11.6. The van der Waals surface area contributed by atoms with Crippen LogP contribution < -0.4 is 10.6 Å². The summed E-state index contributed by atoms with van der Waals surface area (Å²) in [7, 11) is 0. The highest BCUT2D eigenvalue weighted by Crippen LogP contribution is 2.09. The van der Waals surface area contributed by atoms with E-state index in [1.807, 2.05) is 12.1 Å². The number of aromatic nitrogens is 1. The van der Waals surface area contributed by atoms with Gasteiger partial charge in [0.1, 0.15) is 0 Å². The van der Waals surface area contributed by atoms with Gasteiger partial charge < -0.3 is 15.7 Å². The molecule has 0 aliphatic heterocycles. The Morgan fingerprint density at radius 2 is 1.85 bits per heavy atom. The number of carbonyl (C=O) groups excluding carboxylic acids is 1. The van der Waals surface area contributed by atoms with Gasteiger partial charge in [0, 0.05) is 11.9 Å². The van der Waals surface area contributed by atoms with Gasteiger partial charge in [-0.25, -0.2) is 9.59 Å². The average Bonchev–Trinajstić information content (AvgIpc) is 2.47. The highest BCUT2D eigenvalue weighted by molar-refractivity contribution is 5.91. The van der Waals surface area contributed by atoms with E-state index in [2.05, 4.69) is 15.6 Å². The Labute approximate surface area is 115 Å². The maximum Gasteiger partial charge on any atom is 0.335 e. The number of hydrogen-bond donors (Lipinski definition) is 3. The molecule has 20 heavy (non-hydrogen) atoms. The van der Waals surface area contributed by atoms with Crippen molar-refractivity contribution >= 4 is 17.7 Å². The lowest BCUT2D eigenvalue weighted by molar-refractivity contribution is 0.0697. The van der Waals surface area contributed by atoms with E-state index < -0.39 is 5.97 Å². The van der Waals surface area contributed by atoms with E-state index in [4.69, 9.17) is 5.11 Å². The number of nitrogens with zero attached hydrogens (tertiary/aromatic N) is 1. The van der Waals surface area contributed by atoms with Crippen LogP contribution in [0.1, 0.15) is 16.1 Å². The van der Waals surface area contributed by atoms with Crippen molar-refractivity contribution in [2.24, 2.45) is 0 Å². The van der Waals surface area contributed by atoms with E-state index in [0.29, 0.717) is 12.2 Å². The quantitative estimate of drug-likeness (QED) is 0.794. The highest BCUT2D eigenvalue weighted by atomic mass is 16.4. The largest absolute Gasteiger partial charge is 0.478 e. The number of aromatic carboxylic acids is 1. The van der Waals surface area contributed by atoms with E-state index >= 15 is 0 Å². The number of rotatable bonds is 4. The minimum absolute atomic E-state index is 0.171. The van der Waals surface area contributed by atoms with Crippen molar-refractivity contribution in [1.29, 1.82) is 0 Å². The molecule has 1 aromatic carbocycles. The van der Waals surface area contributed by atoms with Crippen LogP contribution in [0.15, 0.2) is 48.7 Å². The summed E-state index contributed by atoms with van der Waals surface area (Å²) in [4.78, 5) is 26.4. The van der Waals surface area contributed by atoms with Gasteiger partial charge in [-0.1, -0.05) is 6.07 Å². The van der Waals surface area contributed by atoms with Gasteiger partial charge in [-0.15, -0.1) is 0 Å². The second kappa shape index (κ2) is 6.33. The van der Waals surface area contributed by atoms with Gasteiger partial charge >= 0.3 is 12.0 Å². The molecule has 6 heteroatoms. The molecule has 1 aromatic heterocycles. The summed E-state index contributed by atoms with van der Waals surface area (Å²) < 4.78 is 0. The predicted octanol–water partition coefficient (Wildman–Crippen LogP) is 2.10. The smallest absolute Gasteiger partial charge is 0.335 e. The molecule has 3 N–H and O–H groups in total. The van der Waals surface area contributed by atoms with Crippen LogP contribution in [0.25, 0.3) is 0 Å². The van der Waals surface area contributed by atoms with Crippen LogP contribution in [-0.4, -0.2) is 22.1 Å². The molecule has 0 aliphatic rings. The van der Waals surface area contributed by atoms with Crippen LogP contribution >= 0.6 is 0 Å². The molecule has 0 aliphatic carbocycles. The second-order valence-corrected chi connectivity index (χ2v) is 4.01. The lowest BCUT2D eigenvalue weighted by Crippen LogP contribution is -2.28. The lowest BCUT2D eigenvalue weighted by atomic mass is 10.2. The number of anilines is 1. The van der Waals surface area contributed by atoms with Crippen molar-refractivity contribution in [2.45, 2.75) is 6.54 Å². The first-order valence-electron chi connectivity index (χ1n) is 5.93. The molecule has 0 fully saturated rings. The molecule has 0 radical (unpaired) electrons. The van der Waals surface area contributed by atoms with Gasteiger partial charge in [0.25, 0.3) is 0 Å². The SMILES string of the molecule is O=C(NCc1ccccn1)Nc1ccc(C(=O)O)cc1. The zero-order valence-corrected chi connectivity index (χ0v) is 10.5. The first-order chi connectivity index (χ1) is 9.65. The number of benzene rings is 1. The van der Waals surface area contributed by atoms with E-state index in [-0.39, 0.29) is 11.6 Å². The fraction of sp³-hybridized carbons (Fsp3) is 0.0714. The van der Waals surface area contributed by atoms with Gasteiger partial charge in [-0.3, -0.25) is 4.98 Å². The van der Waals surface area contributed by atoms with Crippen molar-refractivity contribution in [2.75, 3.05) is 5.32 Å². The molecular formula is C14H13N3O3. The maximum atomic E-state index is 11.6. The number of urea groups is 1. The number of hydrogen-bond acceptors (Lipinski definition) is 3. The fourth-order valence-corrected chi connectivity index (χ4v) is 1.54. The zero-order chi connectivity index (χ0) is 14.4. The summed E-state index contributed by atoms with van der Waals surface area (Å²) in [5.41, 5.74) is 1.45. The van der Waals surface area contributed by atoms with Gasteiger partial charge in [-0.05, 0) is 36.4 Å². The fourth-order valence-electron chi connectivity index (χ4n) is 1.54. The third-order valence-electron chi connectivity index (χ3n) is 2.55. The predicted molar refractivity (Wildman–Crippen MR) is 73.5 cm³/mol. The molecule has 0 atom stereocenters. The molecule has 2 rings (SSSR count). The van der Waals surface area contributed by atoms with Gasteiger partial charge in [0.05, 0.1) is 17.8 Å². The molecule has 1 heterocycles. The van der Waals surface area contributed by atoms with E-state index in [0.717, 1.165) is 5.69 Å². The third kappa shape index (κ3) is 3.81. The van der Waals surface area contributed by atoms with Crippen molar-refractivity contribution in [3.05, 3.63) is 59.9 Å². The van der Waals surface area contributed by atoms with Crippen LogP contribution in [0.4, 0.5) is 10.5 Å². The minimum atomic E-state index is -1.00. The number of carboxylic acid groups (broad SMARTS) is 1. The lowest BCUT2D eigenvalue weighted by Gasteiger charge is -2.07. The Balaban J connectivity index is 1.86. The number of amides is 2. The molecule has 0 saturated heterocycles. The topological polar surface area (TPSA) is 91.3 Å². The number of nitrogens with one attached hydrogen (secondary N) is 2. The van der Waals surface area contributed by atoms with Crippen molar-refractivity contribution in [3.63, 3.8) is 0 Å². The van der Waals surface area contributed by atoms with E-state index in [1.54, 1.807) is 12.3 Å². The van der Waals surface area contributed by atoms with Crippen LogP contribution in [0.3, 0.4) is 0 Å². The standard InChI is InChI=1S/C14H13N3O3/c18-13(19)10-4-6-11(7-5-10)17-14(20)16-9-12-3-1-2-8-15-12/h1-8H,9H2,(H,18,19)(H2,16,17,20). The summed E-state index contributed by atoms with van der Waals surface area (Å²) in [5, 5.41) is 14.0. The number of carbonyl (C=O) groups is 2. The summed E-state index contributed by atoms with van der Waals surface area (Å²) in [6.07, 6.45) is 1.65. The highest BCUT2D eigenvalue weighted by Gasteiger charge is 2.04. The van der Waals surface area contributed by atoms with Crippen LogP contribution in [0.2, 0.25) is 0 Å². The first-order valence-corrected chi connectivity index (χ1v) is 5.93. The van der Waals surface area contributed by atoms with Gasteiger partial charge in [-0.2, -0.15) is 0 Å². The Morgan fingerprint density at radius 1 is 1.10 bits per heavy atom.